The van der Waals surface area contributed by atoms with Crippen LogP contribution >= 0.6 is 11.8 Å². The van der Waals surface area contributed by atoms with Crippen LogP contribution in [-0.4, -0.2) is 31.4 Å². The number of thioether (sulfide) groups is 1. The van der Waals surface area contributed by atoms with Crippen molar-refractivity contribution in [3.63, 3.8) is 0 Å². The summed E-state index contributed by atoms with van der Waals surface area (Å²) < 4.78 is 1.94. The van der Waals surface area contributed by atoms with Gasteiger partial charge < -0.3 is 0 Å². The molecule has 0 spiro atoms. The number of hydrogen-bond donors (Lipinski definition) is 1. The summed E-state index contributed by atoms with van der Waals surface area (Å²) in [7, 11) is 0. The molecule has 0 radical (unpaired) electrons. The van der Waals surface area contributed by atoms with Crippen molar-refractivity contribution in [2.75, 3.05) is 11.1 Å². The molecule has 0 atom stereocenters. The van der Waals surface area contributed by atoms with E-state index in [2.05, 4.69) is 20.5 Å². The van der Waals surface area contributed by atoms with E-state index < -0.39 is 0 Å². The third-order valence-corrected chi connectivity index (χ3v) is 3.85. The highest BCUT2D eigenvalue weighted by molar-refractivity contribution is 7.99. The minimum absolute atomic E-state index is 0.0380. The van der Waals surface area contributed by atoms with Crippen molar-refractivity contribution in [3.05, 3.63) is 30.1 Å². The van der Waals surface area contributed by atoms with Crippen LogP contribution in [0.2, 0.25) is 0 Å². The lowest BCUT2D eigenvalue weighted by Crippen LogP contribution is -2.16. The van der Waals surface area contributed by atoms with Gasteiger partial charge in [0.15, 0.2) is 5.16 Å². The second-order valence-corrected chi connectivity index (χ2v) is 5.27. The lowest BCUT2D eigenvalue weighted by atomic mass is 10.1. The number of nitrogens with one attached hydrogen (secondary N) is 1. The highest BCUT2D eigenvalue weighted by Gasteiger charge is 2.19. The fourth-order valence-electron chi connectivity index (χ4n) is 1.91. The minimum atomic E-state index is -0.0380. The van der Waals surface area contributed by atoms with E-state index >= 15 is 0 Å². The summed E-state index contributed by atoms with van der Waals surface area (Å²) >= 11 is 1.66. The van der Waals surface area contributed by atoms with Gasteiger partial charge in [-0.15, -0.1) is 10.2 Å². The Balaban J connectivity index is 1.57. The smallest absolute Gasteiger partial charge is 0.231 e. The molecule has 0 fully saturated rings. The van der Waals surface area contributed by atoms with E-state index in [4.69, 9.17) is 0 Å². The number of aromatic nitrogens is 4. The molecule has 0 aliphatic carbocycles. The first-order valence-electron chi connectivity index (χ1n) is 6.08. The molecule has 2 aromatic rings. The van der Waals surface area contributed by atoms with E-state index in [-0.39, 0.29) is 5.91 Å². The van der Waals surface area contributed by atoms with Crippen LogP contribution in [0.15, 0.2) is 29.7 Å². The van der Waals surface area contributed by atoms with Gasteiger partial charge in [0.25, 0.3) is 0 Å². The van der Waals surface area contributed by atoms with Gasteiger partial charge in [-0.1, -0.05) is 11.8 Å². The first-order valence-corrected chi connectivity index (χ1v) is 7.06. The molecule has 1 N–H and O–H groups in total. The molecular weight excluding hydrogens is 262 g/mol. The minimum Gasteiger partial charge on any atom is -0.295 e. The highest BCUT2D eigenvalue weighted by atomic mass is 32.2. The summed E-state index contributed by atoms with van der Waals surface area (Å²) in [5.41, 5.74) is 1.10. The normalized spacial score (nSPS) is 13.3. The van der Waals surface area contributed by atoms with E-state index in [0.717, 1.165) is 23.0 Å². The second kappa shape index (κ2) is 5.40. The number of pyridine rings is 1. The Hall–Kier alpha value is -1.89. The zero-order chi connectivity index (χ0) is 13.1. The van der Waals surface area contributed by atoms with Crippen molar-refractivity contribution in [1.29, 1.82) is 0 Å². The Labute approximate surface area is 114 Å². The van der Waals surface area contributed by atoms with Gasteiger partial charge in [-0.25, -0.2) is 0 Å². The van der Waals surface area contributed by atoms with Crippen molar-refractivity contribution in [1.82, 2.24) is 19.7 Å². The number of aryl methyl sites for hydroxylation is 1. The third-order valence-electron chi connectivity index (χ3n) is 2.90. The quantitative estimate of drug-likeness (QED) is 0.912. The van der Waals surface area contributed by atoms with E-state index in [0.29, 0.717) is 18.8 Å². The van der Waals surface area contributed by atoms with Crippen LogP contribution < -0.4 is 5.32 Å². The molecule has 0 saturated carbocycles. The van der Waals surface area contributed by atoms with Crippen LogP contribution in [0.4, 0.5) is 5.95 Å². The predicted octanol–water partition coefficient (Wildman–Crippen LogP) is 1.35. The summed E-state index contributed by atoms with van der Waals surface area (Å²) in [4.78, 5) is 15.8. The van der Waals surface area contributed by atoms with Crippen molar-refractivity contribution in [2.45, 2.75) is 24.5 Å². The molecule has 0 aromatic carbocycles. The molecule has 19 heavy (non-hydrogen) atoms. The molecule has 7 heteroatoms. The average Bonchev–Trinajstić information content (AvgIpc) is 3.03. The van der Waals surface area contributed by atoms with Crippen LogP contribution in [0.3, 0.4) is 0 Å². The first kappa shape index (κ1) is 12.2. The summed E-state index contributed by atoms with van der Waals surface area (Å²) in [5.74, 6) is 1.51. The van der Waals surface area contributed by atoms with Gasteiger partial charge in [-0.3, -0.25) is 19.7 Å². The Morgan fingerprint density at radius 3 is 3.05 bits per heavy atom. The Kier molecular flexibility index (Phi) is 3.45. The number of amides is 1. The molecule has 1 amide bonds. The highest BCUT2D eigenvalue weighted by Crippen LogP contribution is 2.26. The maximum Gasteiger partial charge on any atom is 0.231 e. The summed E-state index contributed by atoms with van der Waals surface area (Å²) in [6, 6.07) is 3.83. The lowest BCUT2D eigenvalue weighted by Gasteiger charge is -2.05. The number of hydrogen-bond acceptors (Lipinski definition) is 5. The van der Waals surface area contributed by atoms with Crippen molar-refractivity contribution in [2.24, 2.45) is 0 Å². The maximum atomic E-state index is 11.9. The van der Waals surface area contributed by atoms with Crippen molar-refractivity contribution < 1.29 is 4.79 Å². The van der Waals surface area contributed by atoms with Crippen LogP contribution in [0.1, 0.15) is 12.0 Å². The number of rotatable bonds is 4. The predicted molar refractivity (Wildman–Crippen MR) is 71.9 cm³/mol. The average molecular weight is 275 g/mol. The number of fused-ring (bicyclic) bond motifs is 1. The Morgan fingerprint density at radius 2 is 2.21 bits per heavy atom. The molecule has 0 unspecified atom stereocenters. The Bertz CT molecular complexity index is 583. The molecule has 3 rings (SSSR count). The summed E-state index contributed by atoms with van der Waals surface area (Å²) in [5, 5.41) is 11.7. The molecule has 1 aliphatic rings. The zero-order valence-electron chi connectivity index (χ0n) is 10.2. The molecule has 6 nitrogen and oxygen atoms in total. The molecule has 1 aliphatic heterocycles. The maximum absolute atomic E-state index is 11.9. The largest absolute Gasteiger partial charge is 0.295 e. The topological polar surface area (TPSA) is 72.7 Å². The van der Waals surface area contributed by atoms with E-state index in [1.807, 2.05) is 16.7 Å². The number of nitrogens with zero attached hydrogens (tertiary/aromatic N) is 4. The third kappa shape index (κ3) is 2.76. The molecule has 2 aromatic heterocycles. The van der Waals surface area contributed by atoms with Gasteiger partial charge in [0.2, 0.25) is 11.9 Å². The van der Waals surface area contributed by atoms with Crippen molar-refractivity contribution >= 4 is 23.6 Å². The summed E-state index contributed by atoms with van der Waals surface area (Å²) in [6.45, 7) is 0.854. The van der Waals surface area contributed by atoms with Crippen molar-refractivity contribution in [3.8, 4) is 0 Å². The second-order valence-electron chi connectivity index (χ2n) is 4.21. The lowest BCUT2D eigenvalue weighted by molar-refractivity contribution is -0.116. The standard InChI is InChI=1S/C12H13N5OS/c18-10(2-1-9-3-5-13-6-4-9)14-11-15-16-12-17(11)7-8-19-12/h3-6H,1-2,7-8H2,(H,14,15,18). The van der Waals surface area contributed by atoms with Gasteiger partial charge in [-0.2, -0.15) is 0 Å². The number of carbonyl (C=O) groups is 1. The monoisotopic (exact) mass is 275 g/mol. The van der Waals surface area contributed by atoms with Gasteiger partial charge in [0.1, 0.15) is 0 Å². The van der Waals surface area contributed by atoms with Crippen LogP contribution in [0.25, 0.3) is 0 Å². The van der Waals surface area contributed by atoms with E-state index in [9.17, 15) is 4.79 Å². The van der Waals surface area contributed by atoms with Crippen LogP contribution in [-0.2, 0) is 17.8 Å². The fourth-order valence-corrected chi connectivity index (χ4v) is 2.80. The van der Waals surface area contributed by atoms with E-state index in [1.54, 1.807) is 24.2 Å². The fraction of sp³-hybridized carbons (Fsp3) is 0.333. The molecule has 98 valence electrons. The van der Waals surface area contributed by atoms with Gasteiger partial charge in [-0.05, 0) is 24.1 Å². The summed E-state index contributed by atoms with van der Waals surface area (Å²) in [6.07, 6.45) is 4.59. The van der Waals surface area contributed by atoms with Crippen LogP contribution in [0.5, 0.6) is 0 Å². The SMILES string of the molecule is O=C(CCc1ccncc1)Nc1nnc2n1CCS2. The molecule has 3 heterocycles. The Morgan fingerprint density at radius 1 is 1.37 bits per heavy atom. The first-order chi connectivity index (χ1) is 9.33. The molecule has 0 saturated heterocycles. The van der Waals surface area contributed by atoms with Gasteiger partial charge in [0, 0.05) is 31.1 Å². The van der Waals surface area contributed by atoms with Gasteiger partial charge >= 0.3 is 0 Å². The van der Waals surface area contributed by atoms with Gasteiger partial charge in [0.05, 0.1) is 0 Å². The van der Waals surface area contributed by atoms with E-state index in [1.165, 1.54) is 0 Å². The zero-order valence-corrected chi connectivity index (χ0v) is 11.1. The number of carbonyl (C=O) groups excluding carboxylic acids is 1. The molecular formula is C12H13N5OS. The molecule has 0 bridgehead atoms. The van der Waals surface area contributed by atoms with Crippen LogP contribution in [0, 0.1) is 0 Å². The number of anilines is 1.